The standard InChI is InChI=1S/C14H21ClN2O3/c1-8(2)13(17)14(18)19-7-9(3)20-12-6-10(16)4-5-11(12)15/h4-6,8-9,13H,7,16-17H2,1-3H3/t9-,13-/m0/s1. The van der Waals surface area contributed by atoms with E-state index in [9.17, 15) is 4.79 Å². The first-order valence-corrected chi connectivity index (χ1v) is 6.83. The van der Waals surface area contributed by atoms with E-state index < -0.39 is 12.0 Å². The first-order chi connectivity index (χ1) is 9.31. The van der Waals surface area contributed by atoms with Gasteiger partial charge in [-0.3, -0.25) is 4.79 Å². The minimum Gasteiger partial charge on any atom is -0.486 e. The van der Waals surface area contributed by atoms with Crippen LogP contribution < -0.4 is 16.2 Å². The summed E-state index contributed by atoms with van der Waals surface area (Å²) < 4.78 is 10.7. The predicted octanol–water partition coefficient (Wildman–Crippen LogP) is 2.22. The second-order valence-corrected chi connectivity index (χ2v) is 5.43. The Morgan fingerprint density at radius 3 is 2.60 bits per heavy atom. The zero-order chi connectivity index (χ0) is 15.3. The van der Waals surface area contributed by atoms with Gasteiger partial charge in [0.05, 0.1) is 5.02 Å². The SMILES string of the molecule is CC(C)[C@H](N)C(=O)OC[C@H](C)Oc1cc(N)ccc1Cl. The van der Waals surface area contributed by atoms with Gasteiger partial charge in [0.25, 0.3) is 0 Å². The molecule has 0 saturated heterocycles. The number of nitrogens with two attached hydrogens (primary N) is 2. The van der Waals surface area contributed by atoms with Crippen molar-refractivity contribution in [3.05, 3.63) is 23.2 Å². The number of halogens is 1. The number of ether oxygens (including phenoxy) is 2. The smallest absolute Gasteiger partial charge is 0.323 e. The van der Waals surface area contributed by atoms with Crippen molar-refractivity contribution in [2.24, 2.45) is 11.7 Å². The Balaban J connectivity index is 2.50. The van der Waals surface area contributed by atoms with Gasteiger partial charge in [0.15, 0.2) is 0 Å². The maximum atomic E-state index is 11.6. The van der Waals surface area contributed by atoms with Crippen molar-refractivity contribution in [3.63, 3.8) is 0 Å². The first kappa shape index (κ1) is 16.6. The van der Waals surface area contributed by atoms with Crippen LogP contribution >= 0.6 is 11.6 Å². The average Bonchev–Trinajstić information content (AvgIpc) is 2.39. The van der Waals surface area contributed by atoms with Crippen LogP contribution in [0.5, 0.6) is 5.75 Å². The number of hydrogen-bond acceptors (Lipinski definition) is 5. The van der Waals surface area contributed by atoms with E-state index in [4.69, 9.17) is 32.5 Å². The molecule has 0 aliphatic carbocycles. The molecule has 2 atom stereocenters. The molecule has 0 fully saturated rings. The van der Waals surface area contributed by atoms with E-state index in [0.29, 0.717) is 16.5 Å². The van der Waals surface area contributed by atoms with Crippen molar-refractivity contribution in [1.29, 1.82) is 0 Å². The fourth-order valence-corrected chi connectivity index (χ4v) is 1.59. The van der Waals surface area contributed by atoms with Gasteiger partial charge >= 0.3 is 5.97 Å². The van der Waals surface area contributed by atoms with E-state index in [-0.39, 0.29) is 18.6 Å². The van der Waals surface area contributed by atoms with Crippen molar-refractivity contribution >= 4 is 23.3 Å². The van der Waals surface area contributed by atoms with Crippen molar-refractivity contribution in [2.45, 2.75) is 32.9 Å². The average molecular weight is 301 g/mol. The third-order valence-electron chi connectivity index (χ3n) is 2.73. The van der Waals surface area contributed by atoms with Crippen LogP contribution in [0, 0.1) is 5.92 Å². The molecule has 0 aliphatic heterocycles. The summed E-state index contributed by atoms with van der Waals surface area (Å²) in [6, 6.07) is 4.33. The van der Waals surface area contributed by atoms with Crippen LogP contribution in [0.15, 0.2) is 18.2 Å². The van der Waals surface area contributed by atoms with Gasteiger partial charge in [-0.25, -0.2) is 0 Å². The van der Waals surface area contributed by atoms with Gasteiger partial charge in [0, 0.05) is 11.8 Å². The van der Waals surface area contributed by atoms with Crippen LogP contribution in [-0.2, 0) is 9.53 Å². The van der Waals surface area contributed by atoms with Gasteiger partial charge in [0.2, 0.25) is 0 Å². The number of esters is 1. The lowest BCUT2D eigenvalue weighted by Crippen LogP contribution is -2.38. The summed E-state index contributed by atoms with van der Waals surface area (Å²) in [6.07, 6.45) is -0.349. The van der Waals surface area contributed by atoms with Crippen LogP contribution in [0.25, 0.3) is 0 Å². The van der Waals surface area contributed by atoms with Crippen LogP contribution in [0.1, 0.15) is 20.8 Å². The summed E-state index contributed by atoms with van der Waals surface area (Å²) in [4.78, 5) is 11.6. The Bertz CT molecular complexity index is 466. The molecule has 1 aromatic carbocycles. The Kier molecular flexibility index (Phi) is 6.10. The monoisotopic (exact) mass is 300 g/mol. The van der Waals surface area contributed by atoms with Crippen molar-refractivity contribution in [3.8, 4) is 5.75 Å². The van der Waals surface area contributed by atoms with E-state index in [0.717, 1.165) is 0 Å². The van der Waals surface area contributed by atoms with E-state index in [2.05, 4.69) is 0 Å². The Hall–Kier alpha value is -1.46. The highest BCUT2D eigenvalue weighted by molar-refractivity contribution is 6.32. The lowest BCUT2D eigenvalue weighted by Gasteiger charge is -2.19. The van der Waals surface area contributed by atoms with Crippen LogP contribution in [0.2, 0.25) is 5.02 Å². The molecular formula is C14H21ClN2O3. The van der Waals surface area contributed by atoms with Crippen molar-refractivity contribution in [2.75, 3.05) is 12.3 Å². The van der Waals surface area contributed by atoms with Gasteiger partial charge in [-0.05, 0) is 25.0 Å². The van der Waals surface area contributed by atoms with Crippen LogP contribution in [0.3, 0.4) is 0 Å². The highest BCUT2D eigenvalue weighted by atomic mass is 35.5. The second kappa shape index (κ2) is 7.36. The molecule has 0 aromatic heterocycles. The first-order valence-electron chi connectivity index (χ1n) is 6.45. The lowest BCUT2D eigenvalue weighted by atomic mass is 10.1. The molecular weight excluding hydrogens is 280 g/mol. The molecule has 0 unspecified atom stereocenters. The van der Waals surface area contributed by atoms with Crippen molar-refractivity contribution in [1.82, 2.24) is 0 Å². The van der Waals surface area contributed by atoms with Gasteiger partial charge in [0.1, 0.15) is 24.5 Å². The Morgan fingerprint density at radius 1 is 1.35 bits per heavy atom. The Morgan fingerprint density at radius 2 is 2.00 bits per heavy atom. The lowest BCUT2D eigenvalue weighted by molar-refractivity contribution is -0.148. The maximum absolute atomic E-state index is 11.6. The van der Waals surface area contributed by atoms with Crippen molar-refractivity contribution < 1.29 is 14.3 Å². The number of hydrogen-bond donors (Lipinski definition) is 2. The molecule has 20 heavy (non-hydrogen) atoms. The van der Waals surface area contributed by atoms with E-state index in [1.807, 2.05) is 13.8 Å². The number of benzene rings is 1. The number of rotatable bonds is 6. The molecule has 0 bridgehead atoms. The minimum atomic E-state index is -0.627. The fraction of sp³-hybridized carbons (Fsp3) is 0.500. The maximum Gasteiger partial charge on any atom is 0.323 e. The van der Waals surface area contributed by atoms with E-state index in [1.165, 1.54) is 0 Å². The number of nitrogen functional groups attached to an aromatic ring is 1. The van der Waals surface area contributed by atoms with Gasteiger partial charge in [-0.1, -0.05) is 25.4 Å². The fourth-order valence-electron chi connectivity index (χ4n) is 1.43. The molecule has 0 saturated carbocycles. The van der Waals surface area contributed by atoms with Crippen LogP contribution in [0.4, 0.5) is 5.69 Å². The molecule has 4 N–H and O–H groups in total. The molecule has 0 amide bonds. The molecule has 0 radical (unpaired) electrons. The normalized spacial score (nSPS) is 13.9. The minimum absolute atomic E-state index is 0.0297. The largest absolute Gasteiger partial charge is 0.486 e. The van der Waals surface area contributed by atoms with E-state index in [1.54, 1.807) is 25.1 Å². The zero-order valence-corrected chi connectivity index (χ0v) is 12.7. The van der Waals surface area contributed by atoms with Gasteiger partial charge < -0.3 is 20.9 Å². The molecule has 1 aromatic rings. The summed E-state index contributed by atoms with van der Waals surface area (Å²) in [5, 5.41) is 0.455. The molecule has 0 aliphatic rings. The quantitative estimate of drug-likeness (QED) is 0.621. The predicted molar refractivity (Wildman–Crippen MR) is 79.7 cm³/mol. The Labute approximate surface area is 124 Å². The molecule has 112 valence electrons. The summed E-state index contributed by atoms with van der Waals surface area (Å²) in [5.74, 6) is 0.0552. The number of carbonyl (C=O) groups is 1. The molecule has 0 spiro atoms. The van der Waals surface area contributed by atoms with Gasteiger partial charge in [-0.2, -0.15) is 0 Å². The molecule has 5 nitrogen and oxygen atoms in total. The van der Waals surface area contributed by atoms with Gasteiger partial charge in [-0.15, -0.1) is 0 Å². The summed E-state index contributed by atoms with van der Waals surface area (Å²) in [5.41, 5.74) is 11.9. The molecule has 6 heteroatoms. The third-order valence-corrected chi connectivity index (χ3v) is 3.05. The van der Waals surface area contributed by atoms with Crippen LogP contribution in [-0.4, -0.2) is 24.7 Å². The topological polar surface area (TPSA) is 87.6 Å². The third kappa shape index (κ3) is 4.90. The molecule has 1 rings (SSSR count). The summed E-state index contributed by atoms with van der Waals surface area (Å²) >= 11 is 5.99. The number of carbonyl (C=O) groups excluding carboxylic acids is 1. The summed E-state index contributed by atoms with van der Waals surface area (Å²) in [6.45, 7) is 5.59. The van der Waals surface area contributed by atoms with E-state index >= 15 is 0 Å². The highest BCUT2D eigenvalue weighted by Gasteiger charge is 2.20. The second-order valence-electron chi connectivity index (χ2n) is 5.02. The zero-order valence-electron chi connectivity index (χ0n) is 11.9. The highest BCUT2D eigenvalue weighted by Crippen LogP contribution is 2.27. The summed E-state index contributed by atoms with van der Waals surface area (Å²) in [7, 11) is 0. The molecule has 0 heterocycles. The number of anilines is 1.